The van der Waals surface area contributed by atoms with Crippen LogP contribution >= 0.6 is 34.8 Å². The largest absolute Gasteiger partial charge is 0.419 e. The van der Waals surface area contributed by atoms with E-state index in [4.69, 9.17) is 39.5 Å². The highest BCUT2D eigenvalue weighted by Crippen LogP contribution is 2.65. The van der Waals surface area contributed by atoms with Gasteiger partial charge in [-0.3, -0.25) is 14.4 Å². The van der Waals surface area contributed by atoms with Crippen molar-refractivity contribution in [2.24, 2.45) is 11.8 Å². The number of Topliss-reactive ketones (excluding diaryl/α,β-unsaturated/α-hetero) is 2. The van der Waals surface area contributed by atoms with Crippen molar-refractivity contribution >= 4 is 58.0 Å². The Labute approximate surface area is 274 Å². The topological polar surface area (TPSA) is 72.5 Å². The minimum absolute atomic E-state index is 0.0439. The molecule has 14 heteroatoms. The van der Waals surface area contributed by atoms with Gasteiger partial charge in [0.1, 0.15) is 27.6 Å². The lowest BCUT2D eigenvalue weighted by atomic mass is 9.91. The first-order valence-electron chi connectivity index (χ1n) is 14.0. The van der Waals surface area contributed by atoms with Gasteiger partial charge in [0.15, 0.2) is 5.78 Å². The fourth-order valence-electron chi connectivity index (χ4n) is 5.58. The molecule has 1 saturated heterocycles. The van der Waals surface area contributed by atoms with Gasteiger partial charge in [-0.15, -0.1) is 23.2 Å². The molecule has 3 atom stereocenters. The number of halogens is 9. The highest BCUT2D eigenvalue weighted by Gasteiger charge is 2.67. The van der Waals surface area contributed by atoms with Gasteiger partial charge in [-0.05, 0) is 60.4 Å². The zero-order chi connectivity index (χ0) is 33.6. The summed E-state index contributed by atoms with van der Waals surface area (Å²) in [5.74, 6) is -8.12. The zero-order valence-electron chi connectivity index (χ0n) is 23.6. The van der Waals surface area contributed by atoms with Crippen LogP contribution in [0.5, 0.6) is 0 Å². The maximum Gasteiger partial charge on any atom is 0.419 e. The van der Waals surface area contributed by atoms with Gasteiger partial charge in [-0.2, -0.15) is 13.2 Å². The molecule has 1 amide bonds. The van der Waals surface area contributed by atoms with Crippen molar-refractivity contribution in [3.05, 3.63) is 98.8 Å². The third-order valence-electron chi connectivity index (χ3n) is 8.11. The predicted molar refractivity (Wildman–Crippen MR) is 159 cm³/mol. The van der Waals surface area contributed by atoms with Crippen molar-refractivity contribution in [2.45, 2.75) is 42.1 Å². The van der Waals surface area contributed by atoms with Crippen LogP contribution < -0.4 is 5.32 Å². The molecule has 244 valence electrons. The van der Waals surface area contributed by atoms with Gasteiger partial charge < -0.3 is 10.1 Å². The average Bonchev–Trinajstić information content (AvgIpc) is 3.59. The number of hydrogen-bond acceptors (Lipinski definition) is 4. The number of carbonyl (C=O) groups is 3. The van der Waals surface area contributed by atoms with E-state index in [1.54, 1.807) is 0 Å². The second kappa shape index (κ2) is 13.2. The standard InChI is InChI=1S/C32H24Cl3F6NO4/c33-22-6-5-18(42-30(45)28-27(31(28,34)35)15-3-8-24(37)21(10-15)32(39,40)41)12-19(22)26(44)11-16-4-7-23(36)20(29(16)38)13-25(43)17-2-1-9-46-14-17/h3-8,10,12,17,27-28H,1-2,9,11,13-14H2,(H,42,45)/t17?,27-,28+/m0/s1. The predicted octanol–water partition coefficient (Wildman–Crippen LogP) is 8.27. The number of ether oxygens (including phenoxy) is 1. The van der Waals surface area contributed by atoms with Crippen molar-refractivity contribution < 1.29 is 45.5 Å². The minimum Gasteiger partial charge on any atom is -0.381 e. The van der Waals surface area contributed by atoms with Gasteiger partial charge in [0.25, 0.3) is 0 Å². The highest BCUT2D eigenvalue weighted by molar-refractivity contribution is 6.53. The Balaban J connectivity index is 1.30. The Bertz CT molecular complexity index is 1710. The normalized spacial score (nSPS) is 20.7. The maximum absolute atomic E-state index is 15.4. The van der Waals surface area contributed by atoms with Crippen LogP contribution in [0.2, 0.25) is 5.02 Å². The van der Waals surface area contributed by atoms with Gasteiger partial charge in [0.2, 0.25) is 5.91 Å². The molecule has 1 heterocycles. The number of carbonyl (C=O) groups excluding carboxylic acids is 3. The summed E-state index contributed by atoms with van der Waals surface area (Å²) in [5, 5.41) is 2.45. The molecule has 46 heavy (non-hydrogen) atoms. The molecule has 5 rings (SSSR count). The molecule has 2 fully saturated rings. The molecule has 0 bridgehead atoms. The van der Waals surface area contributed by atoms with Crippen LogP contribution in [-0.4, -0.2) is 35.0 Å². The Kier molecular flexibility index (Phi) is 9.80. The molecule has 1 N–H and O–H groups in total. The number of rotatable bonds is 9. The van der Waals surface area contributed by atoms with E-state index in [0.29, 0.717) is 31.6 Å². The molecule has 1 aliphatic heterocycles. The Morgan fingerprint density at radius 2 is 1.67 bits per heavy atom. The molecule has 5 nitrogen and oxygen atoms in total. The molecular weight excluding hydrogens is 683 g/mol. The Hall–Kier alpha value is -3.12. The van der Waals surface area contributed by atoms with E-state index in [0.717, 1.165) is 18.2 Å². The Morgan fingerprint density at radius 1 is 0.957 bits per heavy atom. The number of nitrogens with one attached hydrogen (secondary N) is 1. The monoisotopic (exact) mass is 705 g/mol. The lowest BCUT2D eigenvalue weighted by molar-refractivity contribution is -0.140. The summed E-state index contributed by atoms with van der Waals surface area (Å²) < 4.78 is 86.9. The number of anilines is 1. The van der Waals surface area contributed by atoms with E-state index in [1.165, 1.54) is 18.2 Å². The molecule has 3 aromatic rings. The summed E-state index contributed by atoms with van der Waals surface area (Å²) in [6.07, 6.45) is -4.83. The maximum atomic E-state index is 15.4. The van der Waals surface area contributed by atoms with Gasteiger partial charge >= 0.3 is 6.18 Å². The van der Waals surface area contributed by atoms with E-state index in [1.807, 2.05) is 0 Å². The third-order valence-corrected chi connectivity index (χ3v) is 9.38. The molecule has 0 aromatic heterocycles. The lowest BCUT2D eigenvalue weighted by Gasteiger charge is -2.21. The van der Waals surface area contributed by atoms with Crippen LogP contribution in [0.3, 0.4) is 0 Å². The van der Waals surface area contributed by atoms with Crippen LogP contribution in [0.4, 0.5) is 32.0 Å². The smallest absolute Gasteiger partial charge is 0.381 e. The molecule has 3 aromatic carbocycles. The SMILES string of the molecule is O=C(Cc1ccc(F)c(CC(=O)C2CCCOC2)c1F)c1cc(NC(=O)[C@H]2[C@H](c3ccc(F)c(C(F)(F)F)c3)C2(Cl)Cl)ccc1Cl. The van der Waals surface area contributed by atoms with Gasteiger partial charge in [-0.25, -0.2) is 13.2 Å². The molecule has 2 aliphatic rings. The summed E-state index contributed by atoms with van der Waals surface area (Å²) >= 11 is 18.7. The number of hydrogen-bond donors (Lipinski definition) is 1. The van der Waals surface area contributed by atoms with Crippen LogP contribution in [0, 0.1) is 29.3 Å². The van der Waals surface area contributed by atoms with Crippen molar-refractivity contribution in [2.75, 3.05) is 18.5 Å². The molecule has 1 saturated carbocycles. The van der Waals surface area contributed by atoms with E-state index in [2.05, 4.69) is 5.32 Å². The van der Waals surface area contributed by atoms with E-state index in [-0.39, 0.29) is 39.8 Å². The highest BCUT2D eigenvalue weighted by atomic mass is 35.5. The summed E-state index contributed by atoms with van der Waals surface area (Å²) in [6, 6.07) is 8.12. The van der Waals surface area contributed by atoms with Crippen molar-refractivity contribution in [3.8, 4) is 0 Å². The van der Waals surface area contributed by atoms with Crippen LogP contribution in [0.15, 0.2) is 48.5 Å². The molecule has 1 unspecified atom stereocenters. The van der Waals surface area contributed by atoms with E-state index >= 15 is 4.39 Å². The van der Waals surface area contributed by atoms with Crippen LogP contribution in [0.1, 0.15) is 51.4 Å². The number of amides is 1. The second-order valence-corrected chi connectivity index (χ2v) is 13.1. The molecule has 0 radical (unpaired) electrons. The molecular formula is C32H24Cl3F6NO4. The van der Waals surface area contributed by atoms with Crippen LogP contribution in [0.25, 0.3) is 0 Å². The zero-order valence-corrected chi connectivity index (χ0v) is 25.9. The van der Waals surface area contributed by atoms with Gasteiger partial charge in [0.05, 0.1) is 23.1 Å². The van der Waals surface area contributed by atoms with Crippen molar-refractivity contribution in [1.29, 1.82) is 0 Å². The minimum atomic E-state index is -4.99. The first kappa shape index (κ1) is 34.2. The average molecular weight is 707 g/mol. The molecule has 0 spiro atoms. The number of alkyl halides is 5. The lowest BCUT2D eigenvalue weighted by Crippen LogP contribution is -2.27. The van der Waals surface area contributed by atoms with Gasteiger partial charge in [0, 0.05) is 48.1 Å². The van der Waals surface area contributed by atoms with E-state index in [9.17, 15) is 36.3 Å². The van der Waals surface area contributed by atoms with Crippen molar-refractivity contribution in [3.63, 3.8) is 0 Å². The summed E-state index contributed by atoms with van der Waals surface area (Å²) in [5.41, 5.74) is -2.34. The molecule has 1 aliphatic carbocycles. The second-order valence-electron chi connectivity index (χ2n) is 11.2. The first-order chi connectivity index (χ1) is 21.6. The summed E-state index contributed by atoms with van der Waals surface area (Å²) in [7, 11) is 0. The first-order valence-corrected chi connectivity index (χ1v) is 15.2. The summed E-state index contributed by atoms with van der Waals surface area (Å²) in [4.78, 5) is 38.9. The Morgan fingerprint density at radius 3 is 2.35 bits per heavy atom. The van der Waals surface area contributed by atoms with Gasteiger partial charge in [-0.1, -0.05) is 23.7 Å². The van der Waals surface area contributed by atoms with Crippen LogP contribution in [-0.2, 0) is 33.3 Å². The van der Waals surface area contributed by atoms with Crippen molar-refractivity contribution in [1.82, 2.24) is 0 Å². The number of ketones is 2. The fourth-order valence-corrected chi connectivity index (χ4v) is 6.64. The quantitative estimate of drug-likeness (QED) is 0.138. The number of benzene rings is 3. The van der Waals surface area contributed by atoms with E-state index < -0.39 is 81.4 Å². The fraction of sp³-hybridized carbons (Fsp3) is 0.344. The third kappa shape index (κ3) is 7.07. The summed E-state index contributed by atoms with van der Waals surface area (Å²) in [6.45, 7) is 0.690.